The number of para-hydroxylation sites is 1. The summed E-state index contributed by atoms with van der Waals surface area (Å²) < 4.78 is 5.26. The molecule has 0 saturated carbocycles. The van der Waals surface area contributed by atoms with Gasteiger partial charge >= 0.3 is 5.97 Å². The lowest BCUT2D eigenvalue weighted by Crippen LogP contribution is -2.29. The van der Waals surface area contributed by atoms with Crippen molar-refractivity contribution in [2.45, 2.75) is 19.9 Å². The SMILES string of the molecule is CCC(=O)Oc1ccccc1CN1C(=O)c2ccccc2C1=O. The van der Waals surface area contributed by atoms with Crippen LogP contribution in [0.4, 0.5) is 0 Å². The van der Waals surface area contributed by atoms with Crippen molar-refractivity contribution in [1.82, 2.24) is 4.90 Å². The van der Waals surface area contributed by atoms with Crippen molar-refractivity contribution in [3.8, 4) is 5.75 Å². The number of carbonyl (C=O) groups excluding carboxylic acids is 3. The van der Waals surface area contributed by atoms with Crippen LogP contribution in [0.25, 0.3) is 0 Å². The van der Waals surface area contributed by atoms with Crippen molar-refractivity contribution in [3.05, 3.63) is 65.2 Å². The fourth-order valence-corrected chi connectivity index (χ4v) is 2.48. The number of amides is 2. The van der Waals surface area contributed by atoms with Crippen molar-refractivity contribution in [3.63, 3.8) is 0 Å². The second-order valence-electron chi connectivity index (χ2n) is 5.18. The Morgan fingerprint density at radius 2 is 1.52 bits per heavy atom. The molecule has 23 heavy (non-hydrogen) atoms. The zero-order valence-corrected chi connectivity index (χ0v) is 12.6. The molecule has 2 amide bonds. The number of fused-ring (bicyclic) bond motifs is 1. The molecule has 116 valence electrons. The molecule has 0 saturated heterocycles. The van der Waals surface area contributed by atoms with Gasteiger partial charge in [0.2, 0.25) is 0 Å². The van der Waals surface area contributed by atoms with E-state index >= 15 is 0 Å². The summed E-state index contributed by atoms with van der Waals surface area (Å²) in [5.74, 6) is -0.653. The normalized spacial score (nSPS) is 13.2. The highest BCUT2D eigenvalue weighted by atomic mass is 16.5. The van der Waals surface area contributed by atoms with Gasteiger partial charge in [-0.1, -0.05) is 37.3 Å². The summed E-state index contributed by atoms with van der Waals surface area (Å²) in [7, 11) is 0. The molecule has 2 aromatic rings. The van der Waals surface area contributed by atoms with Crippen LogP contribution in [-0.4, -0.2) is 22.7 Å². The summed E-state index contributed by atoms with van der Waals surface area (Å²) in [4.78, 5) is 37.5. The summed E-state index contributed by atoms with van der Waals surface area (Å²) in [5.41, 5.74) is 1.42. The zero-order chi connectivity index (χ0) is 16.4. The van der Waals surface area contributed by atoms with Gasteiger partial charge in [0.15, 0.2) is 0 Å². The number of esters is 1. The molecular weight excluding hydrogens is 294 g/mol. The molecular formula is C18H15NO4. The monoisotopic (exact) mass is 309 g/mol. The smallest absolute Gasteiger partial charge is 0.310 e. The maximum absolute atomic E-state index is 12.4. The number of ether oxygens (including phenoxy) is 1. The van der Waals surface area contributed by atoms with Gasteiger partial charge in [-0.3, -0.25) is 19.3 Å². The molecule has 0 unspecified atom stereocenters. The Morgan fingerprint density at radius 1 is 0.957 bits per heavy atom. The second kappa shape index (κ2) is 6.04. The molecule has 0 spiro atoms. The molecule has 0 fully saturated rings. The van der Waals surface area contributed by atoms with Crippen LogP contribution in [0.15, 0.2) is 48.5 Å². The largest absolute Gasteiger partial charge is 0.426 e. The Bertz CT molecular complexity index is 762. The van der Waals surface area contributed by atoms with E-state index in [1.54, 1.807) is 55.5 Å². The fourth-order valence-electron chi connectivity index (χ4n) is 2.48. The molecule has 0 bridgehead atoms. The first kappa shape index (κ1) is 15.0. The Balaban J connectivity index is 1.88. The van der Waals surface area contributed by atoms with Crippen LogP contribution in [0.3, 0.4) is 0 Å². The molecule has 0 aliphatic carbocycles. The third kappa shape index (κ3) is 2.73. The Hall–Kier alpha value is -2.95. The van der Waals surface area contributed by atoms with Gasteiger partial charge in [0.1, 0.15) is 5.75 Å². The van der Waals surface area contributed by atoms with E-state index in [2.05, 4.69) is 0 Å². The number of benzene rings is 2. The Morgan fingerprint density at radius 3 is 2.13 bits per heavy atom. The molecule has 2 aromatic carbocycles. The minimum absolute atomic E-state index is 0.0690. The van der Waals surface area contributed by atoms with Gasteiger partial charge in [0.25, 0.3) is 11.8 Å². The molecule has 0 radical (unpaired) electrons. The van der Waals surface area contributed by atoms with Crippen LogP contribution in [0.5, 0.6) is 5.75 Å². The van der Waals surface area contributed by atoms with Crippen molar-refractivity contribution >= 4 is 17.8 Å². The van der Waals surface area contributed by atoms with Crippen LogP contribution in [-0.2, 0) is 11.3 Å². The number of rotatable bonds is 4. The highest BCUT2D eigenvalue weighted by Crippen LogP contribution is 2.27. The minimum Gasteiger partial charge on any atom is -0.426 e. The van der Waals surface area contributed by atoms with Gasteiger partial charge < -0.3 is 4.74 Å². The first-order valence-corrected chi connectivity index (χ1v) is 7.35. The average molecular weight is 309 g/mol. The molecule has 1 aliphatic heterocycles. The van der Waals surface area contributed by atoms with Gasteiger partial charge in [0.05, 0.1) is 17.7 Å². The number of imide groups is 1. The maximum Gasteiger partial charge on any atom is 0.310 e. The van der Waals surface area contributed by atoms with E-state index in [4.69, 9.17) is 4.74 Å². The van der Waals surface area contributed by atoms with Crippen LogP contribution in [0, 0.1) is 0 Å². The summed E-state index contributed by atoms with van der Waals surface area (Å²) in [5, 5.41) is 0. The van der Waals surface area contributed by atoms with Crippen LogP contribution in [0.1, 0.15) is 39.6 Å². The van der Waals surface area contributed by atoms with Crippen molar-refractivity contribution < 1.29 is 19.1 Å². The van der Waals surface area contributed by atoms with Gasteiger partial charge in [-0.2, -0.15) is 0 Å². The van der Waals surface area contributed by atoms with Crippen LogP contribution >= 0.6 is 0 Å². The molecule has 5 nitrogen and oxygen atoms in total. The van der Waals surface area contributed by atoms with E-state index in [0.717, 1.165) is 0 Å². The Kier molecular flexibility index (Phi) is 3.93. The van der Waals surface area contributed by atoms with Crippen molar-refractivity contribution in [1.29, 1.82) is 0 Å². The topological polar surface area (TPSA) is 63.7 Å². The standard InChI is InChI=1S/C18H15NO4/c1-2-16(20)23-15-10-6-3-7-12(15)11-19-17(21)13-8-4-5-9-14(13)18(19)22/h3-10H,2,11H2,1H3. The molecule has 0 aromatic heterocycles. The quantitative estimate of drug-likeness (QED) is 0.495. The lowest BCUT2D eigenvalue weighted by atomic mass is 10.1. The molecule has 5 heteroatoms. The highest BCUT2D eigenvalue weighted by molar-refractivity contribution is 6.21. The van der Waals surface area contributed by atoms with E-state index in [1.165, 1.54) is 4.90 Å². The highest BCUT2D eigenvalue weighted by Gasteiger charge is 2.35. The number of hydrogen-bond acceptors (Lipinski definition) is 4. The van der Waals surface area contributed by atoms with Gasteiger partial charge in [-0.05, 0) is 18.2 Å². The molecule has 0 N–H and O–H groups in total. The summed E-state index contributed by atoms with van der Waals surface area (Å²) >= 11 is 0. The lowest BCUT2D eigenvalue weighted by Gasteiger charge is -2.16. The molecule has 1 heterocycles. The van der Waals surface area contributed by atoms with Crippen molar-refractivity contribution in [2.24, 2.45) is 0 Å². The van der Waals surface area contributed by atoms with Crippen LogP contribution < -0.4 is 4.74 Å². The van der Waals surface area contributed by atoms with E-state index < -0.39 is 0 Å². The average Bonchev–Trinajstić information content (AvgIpc) is 2.82. The van der Waals surface area contributed by atoms with E-state index in [-0.39, 0.29) is 30.7 Å². The van der Waals surface area contributed by atoms with Gasteiger partial charge in [-0.15, -0.1) is 0 Å². The summed E-state index contributed by atoms with van der Waals surface area (Å²) in [6, 6.07) is 13.6. The van der Waals surface area contributed by atoms with E-state index in [1.807, 2.05) is 0 Å². The number of hydrogen-bond donors (Lipinski definition) is 0. The first-order chi connectivity index (χ1) is 11.1. The minimum atomic E-state index is -0.361. The lowest BCUT2D eigenvalue weighted by molar-refractivity contribution is -0.134. The van der Waals surface area contributed by atoms with Gasteiger partial charge in [-0.25, -0.2) is 0 Å². The number of carbonyl (C=O) groups is 3. The zero-order valence-electron chi connectivity index (χ0n) is 12.6. The van der Waals surface area contributed by atoms with Crippen LogP contribution in [0.2, 0.25) is 0 Å². The van der Waals surface area contributed by atoms with E-state index in [9.17, 15) is 14.4 Å². The summed E-state index contributed by atoms with van der Waals surface area (Å²) in [6.45, 7) is 1.77. The molecule has 1 aliphatic rings. The number of nitrogens with zero attached hydrogens (tertiary/aromatic N) is 1. The second-order valence-corrected chi connectivity index (χ2v) is 5.18. The predicted molar refractivity (Wildman–Crippen MR) is 83.0 cm³/mol. The predicted octanol–water partition coefficient (Wildman–Crippen LogP) is 2.80. The molecule has 3 rings (SSSR count). The van der Waals surface area contributed by atoms with Crippen molar-refractivity contribution in [2.75, 3.05) is 0 Å². The Labute approximate surface area is 133 Å². The summed E-state index contributed by atoms with van der Waals surface area (Å²) in [6.07, 6.45) is 0.251. The van der Waals surface area contributed by atoms with E-state index in [0.29, 0.717) is 22.4 Å². The molecule has 0 atom stereocenters. The third-order valence-electron chi connectivity index (χ3n) is 3.69. The fraction of sp³-hybridized carbons (Fsp3) is 0.167. The third-order valence-corrected chi connectivity index (χ3v) is 3.69. The first-order valence-electron chi connectivity index (χ1n) is 7.35. The maximum atomic E-state index is 12.4. The van der Waals surface area contributed by atoms with Gasteiger partial charge in [0, 0.05) is 12.0 Å².